The van der Waals surface area contributed by atoms with Gasteiger partial charge in [-0.1, -0.05) is 24.3 Å². The lowest BCUT2D eigenvalue weighted by molar-refractivity contribution is -0.117. The van der Waals surface area contributed by atoms with E-state index < -0.39 is 0 Å². The average molecular weight is 370 g/mol. The van der Waals surface area contributed by atoms with E-state index in [1.807, 2.05) is 29.2 Å². The molecule has 0 bridgehead atoms. The van der Waals surface area contributed by atoms with Crippen LogP contribution in [0.15, 0.2) is 47.2 Å². The number of nitrogens with one attached hydrogen (secondary N) is 1. The van der Waals surface area contributed by atoms with Crippen LogP contribution in [0.5, 0.6) is 0 Å². The third-order valence-corrected chi connectivity index (χ3v) is 6.21. The minimum Gasteiger partial charge on any atom is -0.311 e. The fourth-order valence-electron chi connectivity index (χ4n) is 3.09. The van der Waals surface area contributed by atoms with Gasteiger partial charge < -0.3 is 10.2 Å². The summed E-state index contributed by atoms with van der Waals surface area (Å²) >= 11 is 3.35. The van der Waals surface area contributed by atoms with Gasteiger partial charge in [-0.2, -0.15) is 0 Å². The Labute approximate surface area is 155 Å². The summed E-state index contributed by atoms with van der Waals surface area (Å²) < 4.78 is 0. The minimum absolute atomic E-state index is 0.126. The number of rotatable bonds is 5. The van der Waals surface area contributed by atoms with Gasteiger partial charge in [-0.25, -0.2) is 4.98 Å². The predicted molar refractivity (Wildman–Crippen MR) is 104 cm³/mol. The Morgan fingerprint density at radius 3 is 3.00 bits per heavy atom. The number of aryl methyl sites for hydroxylation is 1. The van der Waals surface area contributed by atoms with Crippen LogP contribution in [0.1, 0.15) is 17.7 Å². The van der Waals surface area contributed by atoms with Crippen molar-refractivity contribution in [1.29, 1.82) is 0 Å². The van der Waals surface area contributed by atoms with E-state index in [1.165, 1.54) is 10.4 Å². The molecule has 0 unspecified atom stereocenters. The van der Waals surface area contributed by atoms with Crippen LogP contribution in [-0.2, 0) is 17.8 Å². The Kier molecular flexibility index (Phi) is 4.92. The highest BCUT2D eigenvalue weighted by Crippen LogP contribution is 2.28. The molecule has 4 rings (SSSR count). The van der Waals surface area contributed by atoms with Crippen LogP contribution in [0.25, 0.3) is 9.88 Å². The Bertz CT molecular complexity index is 857. The van der Waals surface area contributed by atoms with Gasteiger partial charge in [0.05, 0.1) is 17.1 Å². The summed E-state index contributed by atoms with van der Waals surface area (Å²) in [6.07, 6.45) is 2.08. The van der Waals surface area contributed by atoms with Crippen LogP contribution in [0.4, 0.5) is 5.69 Å². The van der Waals surface area contributed by atoms with Gasteiger partial charge in [-0.15, -0.1) is 22.7 Å². The van der Waals surface area contributed by atoms with Gasteiger partial charge in [0.15, 0.2) is 0 Å². The van der Waals surface area contributed by atoms with Crippen LogP contribution in [0.2, 0.25) is 0 Å². The normalized spacial score (nSPS) is 13.7. The summed E-state index contributed by atoms with van der Waals surface area (Å²) in [4.78, 5) is 20.3. The number of anilines is 1. The van der Waals surface area contributed by atoms with E-state index in [4.69, 9.17) is 0 Å². The number of hydrogen-bond acceptors (Lipinski definition) is 5. The maximum atomic E-state index is 12.6. The van der Waals surface area contributed by atoms with Crippen molar-refractivity contribution in [3.63, 3.8) is 0 Å². The summed E-state index contributed by atoms with van der Waals surface area (Å²) in [6.45, 7) is 1.75. The second kappa shape index (κ2) is 7.47. The molecule has 1 aliphatic rings. The monoisotopic (exact) mass is 369 g/mol. The fourth-order valence-corrected chi connectivity index (χ4v) is 4.72. The van der Waals surface area contributed by atoms with E-state index in [0.29, 0.717) is 13.1 Å². The summed E-state index contributed by atoms with van der Waals surface area (Å²) in [5, 5.41) is 8.41. The van der Waals surface area contributed by atoms with Crippen molar-refractivity contribution < 1.29 is 4.79 Å². The third-order valence-electron chi connectivity index (χ3n) is 4.28. The molecule has 1 amide bonds. The van der Waals surface area contributed by atoms with Gasteiger partial charge in [0.2, 0.25) is 5.91 Å². The fraction of sp³-hybridized carbons (Fsp3) is 0.263. The lowest BCUT2D eigenvalue weighted by Gasteiger charge is -2.29. The van der Waals surface area contributed by atoms with Crippen LogP contribution >= 0.6 is 22.7 Å². The third kappa shape index (κ3) is 3.66. The highest BCUT2D eigenvalue weighted by atomic mass is 32.1. The number of aromatic nitrogens is 1. The second-order valence-electron chi connectivity index (χ2n) is 6.00. The zero-order chi connectivity index (χ0) is 17.1. The van der Waals surface area contributed by atoms with Crippen molar-refractivity contribution in [2.75, 3.05) is 18.0 Å². The number of nitrogens with zero attached hydrogens (tertiary/aromatic N) is 2. The van der Waals surface area contributed by atoms with Crippen LogP contribution in [0.3, 0.4) is 0 Å². The van der Waals surface area contributed by atoms with E-state index in [-0.39, 0.29) is 5.91 Å². The first-order chi connectivity index (χ1) is 12.3. The molecule has 0 saturated heterocycles. The van der Waals surface area contributed by atoms with Crippen molar-refractivity contribution >= 4 is 34.3 Å². The molecule has 3 heterocycles. The van der Waals surface area contributed by atoms with Crippen molar-refractivity contribution in [3.05, 3.63) is 58.4 Å². The zero-order valence-corrected chi connectivity index (χ0v) is 15.4. The maximum Gasteiger partial charge on any atom is 0.240 e. The minimum atomic E-state index is 0.126. The van der Waals surface area contributed by atoms with E-state index in [1.54, 1.807) is 22.7 Å². The van der Waals surface area contributed by atoms with Crippen LogP contribution in [-0.4, -0.2) is 24.0 Å². The molecule has 0 fully saturated rings. The van der Waals surface area contributed by atoms with Gasteiger partial charge >= 0.3 is 0 Å². The number of benzene rings is 1. The molecule has 6 heteroatoms. The topological polar surface area (TPSA) is 45.2 Å². The van der Waals surface area contributed by atoms with Crippen molar-refractivity contribution in [2.24, 2.45) is 0 Å². The molecular weight excluding hydrogens is 350 g/mol. The summed E-state index contributed by atoms with van der Waals surface area (Å²) in [6, 6.07) is 12.3. The Balaban J connectivity index is 1.34. The SMILES string of the molecule is O=C(CNCc1csc(-c2cccs2)n1)N1CCCc2ccccc21. The Hall–Kier alpha value is -2.02. The molecule has 2 aromatic heterocycles. The van der Waals surface area contributed by atoms with Gasteiger partial charge in [-0.3, -0.25) is 4.79 Å². The van der Waals surface area contributed by atoms with E-state index in [9.17, 15) is 4.79 Å². The standard InChI is InChI=1S/C19H19N3OS2/c23-18(22-9-3-6-14-5-1-2-7-16(14)22)12-20-11-15-13-25-19(21-15)17-8-4-10-24-17/h1-2,4-5,7-8,10,13,20H,3,6,9,11-12H2. The first kappa shape index (κ1) is 16.4. The van der Waals surface area contributed by atoms with Gasteiger partial charge in [0, 0.05) is 24.2 Å². The number of fused-ring (bicyclic) bond motifs is 1. The number of thiazole rings is 1. The first-order valence-electron chi connectivity index (χ1n) is 8.38. The molecule has 0 saturated carbocycles. The number of hydrogen-bond donors (Lipinski definition) is 1. The highest BCUT2D eigenvalue weighted by molar-refractivity contribution is 7.20. The number of carbonyl (C=O) groups excluding carboxylic acids is 1. The molecule has 1 N–H and O–H groups in total. The van der Waals surface area contributed by atoms with Crippen LogP contribution in [0, 0.1) is 0 Å². The second-order valence-corrected chi connectivity index (χ2v) is 7.81. The molecular formula is C19H19N3OS2. The van der Waals surface area contributed by atoms with Crippen molar-refractivity contribution in [1.82, 2.24) is 10.3 Å². The number of para-hydroxylation sites is 1. The van der Waals surface area contributed by atoms with Crippen molar-refractivity contribution in [2.45, 2.75) is 19.4 Å². The quantitative estimate of drug-likeness (QED) is 0.741. The van der Waals surface area contributed by atoms with Gasteiger partial charge in [-0.05, 0) is 35.9 Å². The van der Waals surface area contributed by atoms with E-state index in [0.717, 1.165) is 35.8 Å². The largest absolute Gasteiger partial charge is 0.311 e. The molecule has 3 aromatic rings. The number of amides is 1. The summed E-state index contributed by atoms with van der Waals surface area (Å²) in [5.41, 5.74) is 3.32. The Morgan fingerprint density at radius 2 is 2.12 bits per heavy atom. The van der Waals surface area contributed by atoms with Crippen molar-refractivity contribution in [3.8, 4) is 9.88 Å². The Morgan fingerprint density at radius 1 is 1.20 bits per heavy atom. The zero-order valence-electron chi connectivity index (χ0n) is 13.8. The molecule has 25 heavy (non-hydrogen) atoms. The van der Waals surface area contributed by atoms with E-state index >= 15 is 0 Å². The summed E-state index contributed by atoms with van der Waals surface area (Å²) in [7, 11) is 0. The molecule has 0 aliphatic carbocycles. The molecule has 0 atom stereocenters. The maximum absolute atomic E-state index is 12.6. The molecule has 0 radical (unpaired) electrons. The molecule has 1 aliphatic heterocycles. The van der Waals surface area contributed by atoms with Gasteiger partial charge in [0.25, 0.3) is 0 Å². The van der Waals surface area contributed by atoms with Crippen LogP contribution < -0.4 is 10.2 Å². The summed E-state index contributed by atoms with van der Waals surface area (Å²) in [5.74, 6) is 0.126. The average Bonchev–Trinajstić information content (AvgIpc) is 3.32. The molecule has 4 nitrogen and oxygen atoms in total. The predicted octanol–water partition coefficient (Wildman–Crippen LogP) is 3.94. The first-order valence-corrected chi connectivity index (χ1v) is 10.1. The molecule has 1 aromatic carbocycles. The molecule has 128 valence electrons. The lowest BCUT2D eigenvalue weighted by Crippen LogP contribution is -2.41. The number of carbonyl (C=O) groups is 1. The highest BCUT2D eigenvalue weighted by Gasteiger charge is 2.21. The molecule has 0 spiro atoms. The lowest BCUT2D eigenvalue weighted by atomic mass is 10.0. The number of thiophene rings is 1. The smallest absolute Gasteiger partial charge is 0.240 e. The van der Waals surface area contributed by atoms with E-state index in [2.05, 4.69) is 33.2 Å². The van der Waals surface area contributed by atoms with Gasteiger partial charge in [0.1, 0.15) is 5.01 Å².